The van der Waals surface area contributed by atoms with Crippen molar-refractivity contribution in [2.45, 2.75) is 31.7 Å². The molecule has 3 N–H and O–H groups in total. The molecule has 2 saturated heterocycles. The number of hydrogen-bond donors (Lipinski definition) is 2. The number of amides is 1. The van der Waals surface area contributed by atoms with Crippen LogP contribution in [0, 0.1) is 5.92 Å². The van der Waals surface area contributed by atoms with E-state index in [0.717, 1.165) is 4.31 Å². The Bertz CT molecular complexity index is 498. The molecule has 20 heavy (non-hydrogen) atoms. The van der Waals surface area contributed by atoms with Crippen molar-refractivity contribution < 1.29 is 23.1 Å². The molecular formula is C11H19N3O5S. The van der Waals surface area contributed by atoms with E-state index < -0.39 is 22.2 Å². The van der Waals surface area contributed by atoms with Crippen LogP contribution in [0.3, 0.4) is 0 Å². The summed E-state index contributed by atoms with van der Waals surface area (Å²) in [7, 11) is -3.70. The average molecular weight is 305 g/mol. The molecule has 1 atom stereocenters. The van der Waals surface area contributed by atoms with E-state index in [1.807, 2.05) is 0 Å². The van der Waals surface area contributed by atoms with Gasteiger partial charge >= 0.3 is 5.97 Å². The highest BCUT2D eigenvalue weighted by atomic mass is 32.2. The zero-order valence-corrected chi connectivity index (χ0v) is 11.9. The van der Waals surface area contributed by atoms with E-state index in [1.54, 1.807) is 0 Å². The first-order valence-corrected chi connectivity index (χ1v) is 8.12. The van der Waals surface area contributed by atoms with Gasteiger partial charge in [0.15, 0.2) is 0 Å². The predicted octanol–water partition coefficient (Wildman–Crippen LogP) is -1.02. The van der Waals surface area contributed by atoms with E-state index >= 15 is 0 Å². The lowest BCUT2D eigenvalue weighted by Gasteiger charge is -2.32. The van der Waals surface area contributed by atoms with Gasteiger partial charge in [0.2, 0.25) is 5.91 Å². The van der Waals surface area contributed by atoms with Crippen molar-refractivity contribution in [2.75, 3.05) is 19.6 Å². The number of rotatable bonds is 3. The smallest absolute Gasteiger partial charge is 0.326 e. The molecule has 0 aliphatic carbocycles. The second-order valence-electron chi connectivity index (χ2n) is 5.25. The number of carboxylic acid groups (broad SMARTS) is 1. The molecule has 8 nitrogen and oxygen atoms in total. The third-order valence-corrected chi connectivity index (χ3v) is 5.07. The Labute approximate surface area is 117 Å². The van der Waals surface area contributed by atoms with E-state index in [-0.39, 0.29) is 24.9 Å². The topological polar surface area (TPSA) is 121 Å². The Morgan fingerprint density at radius 3 is 2.20 bits per heavy atom. The molecule has 2 fully saturated rings. The van der Waals surface area contributed by atoms with Crippen molar-refractivity contribution in [1.82, 2.24) is 9.21 Å². The minimum Gasteiger partial charge on any atom is -0.480 e. The maximum Gasteiger partial charge on any atom is 0.326 e. The van der Waals surface area contributed by atoms with Crippen LogP contribution in [0.25, 0.3) is 0 Å². The normalized spacial score (nSPS) is 25.9. The molecule has 0 spiro atoms. The Balaban J connectivity index is 1.97. The highest BCUT2D eigenvalue weighted by Crippen LogP contribution is 2.25. The van der Waals surface area contributed by atoms with Crippen LogP contribution in [0.2, 0.25) is 0 Å². The zero-order valence-electron chi connectivity index (χ0n) is 11.1. The summed E-state index contributed by atoms with van der Waals surface area (Å²) in [5, 5.41) is 14.1. The number of nitrogens with two attached hydrogens (primary N) is 1. The lowest BCUT2D eigenvalue weighted by Crippen LogP contribution is -2.48. The maximum absolute atomic E-state index is 12.3. The molecule has 114 valence electrons. The van der Waals surface area contributed by atoms with E-state index in [1.165, 1.54) is 4.90 Å². The van der Waals surface area contributed by atoms with E-state index in [4.69, 9.17) is 10.2 Å². The van der Waals surface area contributed by atoms with Gasteiger partial charge in [0, 0.05) is 25.6 Å². The Hall–Kier alpha value is -1.19. The van der Waals surface area contributed by atoms with Crippen LogP contribution >= 0.6 is 0 Å². The van der Waals surface area contributed by atoms with Crippen molar-refractivity contribution in [3.05, 3.63) is 0 Å². The summed E-state index contributed by atoms with van der Waals surface area (Å²) in [4.78, 5) is 24.8. The lowest BCUT2D eigenvalue weighted by molar-refractivity contribution is -0.150. The van der Waals surface area contributed by atoms with Crippen LogP contribution in [0.5, 0.6) is 0 Å². The summed E-state index contributed by atoms with van der Waals surface area (Å²) in [6.07, 6.45) is 1.95. The summed E-state index contributed by atoms with van der Waals surface area (Å²) in [5.41, 5.74) is 0. The van der Waals surface area contributed by atoms with Crippen molar-refractivity contribution in [1.29, 1.82) is 0 Å². The fraction of sp³-hybridized carbons (Fsp3) is 0.818. The molecule has 2 heterocycles. The molecular weight excluding hydrogens is 286 g/mol. The second-order valence-corrected chi connectivity index (χ2v) is 6.79. The lowest BCUT2D eigenvalue weighted by atomic mass is 9.96. The molecule has 0 aromatic carbocycles. The fourth-order valence-corrected chi connectivity index (χ4v) is 3.60. The first-order valence-electron chi connectivity index (χ1n) is 6.62. The van der Waals surface area contributed by atoms with Gasteiger partial charge in [-0.25, -0.2) is 9.93 Å². The van der Waals surface area contributed by atoms with Crippen LogP contribution in [-0.2, 0) is 19.8 Å². The molecule has 0 saturated carbocycles. The van der Waals surface area contributed by atoms with Crippen molar-refractivity contribution in [3.8, 4) is 0 Å². The average Bonchev–Trinajstić information content (AvgIpc) is 2.86. The van der Waals surface area contributed by atoms with Gasteiger partial charge in [0.1, 0.15) is 6.04 Å². The minimum atomic E-state index is -3.70. The molecule has 0 aromatic heterocycles. The van der Waals surface area contributed by atoms with Gasteiger partial charge in [-0.05, 0) is 25.7 Å². The SMILES string of the molecule is NS(=O)(=O)N1CCC(C(=O)N2CCCC2C(=O)O)CC1. The molecule has 1 unspecified atom stereocenters. The molecule has 0 aromatic rings. The minimum absolute atomic E-state index is 0.177. The monoisotopic (exact) mass is 305 g/mol. The molecule has 2 aliphatic heterocycles. The second kappa shape index (κ2) is 5.66. The number of carbonyl (C=O) groups excluding carboxylic acids is 1. The Morgan fingerprint density at radius 1 is 1.10 bits per heavy atom. The number of aliphatic carboxylic acids is 1. The van der Waals surface area contributed by atoms with Crippen LogP contribution < -0.4 is 5.14 Å². The zero-order chi connectivity index (χ0) is 14.9. The molecule has 1 amide bonds. The highest BCUT2D eigenvalue weighted by molar-refractivity contribution is 7.86. The van der Waals surface area contributed by atoms with Gasteiger partial charge in [-0.1, -0.05) is 0 Å². The van der Waals surface area contributed by atoms with Crippen LogP contribution in [0.1, 0.15) is 25.7 Å². The van der Waals surface area contributed by atoms with Gasteiger partial charge in [0.25, 0.3) is 10.2 Å². The van der Waals surface area contributed by atoms with Gasteiger partial charge in [-0.2, -0.15) is 12.7 Å². The molecule has 9 heteroatoms. The highest BCUT2D eigenvalue weighted by Gasteiger charge is 2.38. The van der Waals surface area contributed by atoms with Crippen LogP contribution in [-0.4, -0.2) is 60.3 Å². The maximum atomic E-state index is 12.3. The Kier molecular flexibility index (Phi) is 4.31. The number of likely N-dealkylation sites (tertiary alicyclic amines) is 1. The fourth-order valence-electron chi connectivity index (χ4n) is 2.88. The summed E-state index contributed by atoms with van der Waals surface area (Å²) >= 11 is 0. The van der Waals surface area contributed by atoms with Crippen LogP contribution in [0.15, 0.2) is 0 Å². The van der Waals surface area contributed by atoms with E-state index in [0.29, 0.717) is 32.2 Å². The summed E-state index contributed by atoms with van der Waals surface area (Å²) < 4.78 is 23.5. The standard InChI is InChI=1S/C11H19N3O5S/c12-20(18,19)13-6-3-8(4-7-13)10(15)14-5-1-2-9(14)11(16)17/h8-9H,1-7H2,(H,16,17)(H2,12,18,19). The predicted molar refractivity (Wildman–Crippen MR) is 69.8 cm³/mol. The third kappa shape index (κ3) is 3.10. The summed E-state index contributed by atoms with van der Waals surface area (Å²) in [6, 6.07) is -0.737. The summed E-state index contributed by atoms with van der Waals surface area (Å²) in [6.45, 7) is 0.882. The van der Waals surface area contributed by atoms with Gasteiger partial charge < -0.3 is 10.0 Å². The van der Waals surface area contributed by atoms with Gasteiger partial charge in [0.05, 0.1) is 0 Å². The first kappa shape index (κ1) is 15.2. The number of carboxylic acids is 1. The van der Waals surface area contributed by atoms with Crippen molar-refractivity contribution in [3.63, 3.8) is 0 Å². The quantitative estimate of drug-likeness (QED) is 0.691. The number of nitrogens with zero attached hydrogens (tertiary/aromatic N) is 2. The van der Waals surface area contributed by atoms with Crippen molar-refractivity contribution >= 4 is 22.1 Å². The first-order chi connectivity index (χ1) is 9.30. The molecule has 0 bridgehead atoms. The molecule has 2 aliphatic rings. The van der Waals surface area contributed by atoms with Crippen LogP contribution in [0.4, 0.5) is 0 Å². The van der Waals surface area contributed by atoms with Gasteiger partial charge in [-0.3, -0.25) is 4.79 Å². The summed E-state index contributed by atoms with van der Waals surface area (Å²) in [5.74, 6) is -1.46. The van der Waals surface area contributed by atoms with Crippen molar-refractivity contribution in [2.24, 2.45) is 11.1 Å². The number of piperidine rings is 1. The van der Waals surface area contributed by atoms with E-state index in [9.17, 15) is 18.0 Å². The number of carbonyl (C=O) groups is 2. The third-order valence-electron chi connectivity index (χ3n) is 3.98. The molecule has 0 radical (unpaired) electrons. The molecule has 2 rings (SSSR count). The Morgan fingerprint density at radius 2 is 1.70 bits per heavy atom. The van der Waals surface area contributed by atoms with Gasteiger partial charge in [-0.15, -0.1) is 0 Å². The number of hydrogen-bond acceptors (Lipinski definition) is 4. The largest absolute Gasteiger partial charge is 0.480 e. The van der Waals surface area contributed by atoms with E-state index in [2.05, 4.69) is 0 Å².